The zero-order chi connectivity index (χ0) is 16.8. The molecule has 4 rings (SSSR count). The lowest BCUT2D eigenvalue weighted by molar-refractivity contribution is -0.136. The average molecular weight is 329 g/mol. The van der Waals surface area contributed by atoms with Crippen molar-refractivity contribution in [1.82, 2.24) is 15.5 Å². The van der Waals surface area contributed by atoms with Gasteiger partial charge < -0.3 is 10.1 Å². The summed E-state index contributed by atoms with van der Waals surface area (Å²) in [7, 11) is 0. The quantitative estimate of drug-likeness (QED) is 0.678. The van der Waals surface area contributed by atoms with Crippen molar-refractivity contribution in [2.45, 2.75) is 25.4 Å². The summed E-state index contributed by atoms with van der Waals surface area (Å²) in [6, 6.07) is 2.27. The molecule has 1 saturated heterocycles. The molecular formula is C16H15N3O5. The molecule has 0 bridgehead atoms. The molecule has 3 aliphatic heterocycles. The number of fused-ring (bicyclic) bond motifs is 2. The van der Waals surface area contributed by atoms with Crippen molar-refractivity contribution in [1.29, 1.82) is 0 Å². The maximum Gasteiger partial charge on any atom is 0.262 e. The van der Waals surface area contributed by atoms with Gasteiger partial charge in [-0.05, 0) is 18.6 Å². The molecule has 0 aliphatic carbocycles. The van der Waals surface area contributed by atoms with E-state index in [9.17, 15) is 19.2 Å². The first-order valence-electron chi connectivity index (χ1n) is 7.78. The summed E-state index contributed by atoms with van der Waals surface area (Å²) in [5.74, 6) is -1.45. The van der Waals surface area contributed by atoms with Gasteiger partial charge >= 0.3 is 0 Å². The highest BCUT2D eigenvalue weighted by molar-refractivity contribution is 6.23. The van der Waals surface area contributed by atoms with Gasteiger partial charge in [-0.15, -0.1) is 0 Å². The Bertz CT molecular complexity index is 743. The number of imide groups is 2. The normalized spacial score (nSPS) is 23.3. The largest absolute Gasteiger partial charge is 0.492 e. The molecule has 24 heavy (non-hydrogen) atoms. The molecule has 0 aromatic heterocycles. The first-order valence-corrected chi connectivity index (χ1v) is 7.78. The number of hydrogen-bond donors (Lipinski definition) is 2. The van der Waals surface area contributed by atoms with Gasteiger partial charge in [-0.2, -0.15) is 0 Å². The van der Waals surface area contributed by atoms with Crippen LogP contribution in [-0.4, -0.2) is 47.7 Å². The Hall–Kier alpha value is -2.74. The number of carbonyl (C=O) groups excluding carboxylic acids is 4. The van der Waals surface area contributed by atoms with E-state index in [0.29, 0.717) is 25.4 Å². The van der Waals surface area contributed by atoms with Gasteiger partial charge in [0.15, 0.2) is 0 Å². The Balaban J connectivity index is 1.71. The highest BCUT2D eigenvalue weighted by Crippen LogP contribution is 2.33. The van der Waals surface area contributed by atoms with Crippen LogP contribution in [0.5, 0.6) is 5.75 Å². The Labute approximate surface area is 137 Å². The van der Waals surface area contributed by atoms with Crippen LogP contribution in [0.2, 0.25) is 0 Å². The molecule has 2 N–H and O–H groups in total. The number of amides is 4. The van der Waals surface area contributed by atoms with E-state index in [0.717, 1.165) is 10.5 Å². The third-order valence-corrected chi connectivity index (χ3v) is 4.47. The van der Waals surface area contributed by atoms with Crippen LogP contribution in [0.25, 0.3) is 0 Å². The summed E-state index contributed by atoms with van der Waals surface area (Å²) in [5, 5.41) is 5.35. The Kier molecular flexibility index (Phi) is 3.34. The number of piperidine rings is 1. The second-order valence-corrected chi connectivity index (χ2v) is 5.98. The van der Waals surface area contributed by atoms with Crippen molar-refractivity contribution in [3.05, 3.63) is 28.8 Å². The predicted octanol–water partition coefficient (Wildman–Crippen LogP) is -0.430. The maximum absolute atomic E-state index is 12.7. The van der Waals surface area contributed by atoms with Gasteiger partial charge in [-0.1, -0.05) is 0 Å². The Morgan fingerprint density at radius 3 is 2.58 bits per heavy atom. The molecule has 1 aromatic rings. The van der Waals surface area contributed by atoms with E-state index in [1.54, 1.807) is 12.1 Å². The second-order valence-electron chi connectivity index (χ2n) is 5.98. The van der Waals surface area contributed by atoms with Crippen LogP contribution in [0.3, 0.4) is 0 Å². The molecule has 1 atom stereocenters. The van der Waals surface area contributed by atoms with Gasteiger partial charge in [0.25, 0.3) is 11.8 Å². The molecule has 0 radical (unpaired) electrons. The van der Waals surface area contributed by atoms with E-state index in [1.165, 1.54) is 0 Å². The van der Waals surface area contributed by atoms with E-state index >= 15 is 0 Å². The van der Waals surface area contributed by atoms with Crippen molar-refractivity contribution in [2.75, 3.05) is 13.2 Å². The number of nitrogens with zero attached hydrogens (tertiary/aromatic N) is 1. The lowest BCUT2D eigenvalue weighted by atomic mass is 10.0. The van der Waals surface area contributed by atoms with Gasteiger partial charge in [0.1, 0.15) is 18.4 Å². The summed E-state index contributed by atoms with van der Waals surface area (Å²) in [5.41, 5.74) is 1.32. The molecule has 1 unspecified atom stereocenters. The molecule has 1 aromatic carbocycles. The highest BCUT2D eigenvalue weighted by Gasteiger charge is 2.45. The summed E-state index contributed by atoms with van der Waals surface area (Å²) >= 11 is 0. The number of nitrogens with one attached hydrogen (secondary N) is 2. The smallest absolute Gasteiger partial charge is 0.262 e. The maximum atomic E-state index is 12.7. The third kappa shape index (κ3) is 2.18. The zero-order valence-corrected chi connectivity index (χ0v) is 12.8. The van der Waals surface area contributed by atoms with Crippen molar-refractivity contribution < 1.29 is 23.9 Å². The first-order chi connectivity index (χ1) is 11.6. The van der Waals surface area contributed by atoms with Crippen molar-refractivity contribution in [3.8, 4) is 5.75 Å². The van der Waals surface area contributed by atoms with Crippen LogP contribution < -0.4 is 15.4 Å². The minimum Gasteiger partial charge on any atom is -0.492 e. The number of hydrogen-bond acceptors (Lipinski definition) is 6. The summed E-state index contributed by atoms with van der Waals surface area (Å²) in [6.45, 7) is 1.71. The summed E-state index contributed by atoms with van der Waals surface area (Å²) in [6.07, 6.45) is 0.251. The number of ether oxygens (including phenoxy) is 1. The van der Waals surface area contributed by atoms with Gasteiger partial charge in [0.2, 0.25) is 11.8 Å². The van der Waals surface area contributed by atoms with Crippen LogP contribution in [0, 0.1) is 0 Å². The van der Waals surface area contributed by atoms with E-state index in [4.69, 9.17) is 4.74 Å². The second kappa shape index (κ2) is 5.41. The lowest BCUT2D eigenvalue weighted by Crippen LogP contribution is -2.54. The minimum absolute atomic E-state index is 0.105. The molecule has 8 nitrogen and oxygen atoms in total. The Morgan fingerprint density at radius 2 is 1.83 bits per heavy atom. The number of carbonyl (C=O) groups is 4. The molecule has 4 amide bonds. The molecule has 1 fully saturated rings. The SMILES string of the molecule is O=C1CCC(N2C(=O)c3cc4c(cc3C2=O)OCCNC4)C(=O)N1. The number of benzene rings is 1. The van der Waals surface area contributed by atoms with E-state index in [1.807, 2.05) is 0 Å². The van der Waals surface area contributed by atoms with Crippen molar-refractivity contribution in [3.63, 3.8) is 0 Å². The van der Waals surface area contributed by atoms with Crippen LogP contribution in [0.4, 0.5) is 0 Å². The minimum atomic E-state index is -0.950. The number of rotatable bonds is 1. The van der Waals surface area contributed by atoms with Gasteiger partial charge in [0.05, 0.1) is 11.1 Å². The van der Waals surface area contributed by atoms with Crippen molar-refractivity contribution in [2.24, 2.45) is 0 Å². The standard InChI is InChI=1S/C16H15N3O5/c20-13-2-1-11(14(21)18-13)19-15(22)9-5-8-7-17-3-4-24-12(8)6-10(9)16(19)23/h5-6,11,17H,1-4,7H2,(H,18,20,21). The van der Waals surface area contributed by atoms with Crippen LogP contribution in [0.15, 0.2) is 12.1 Å². The first kappa shape index (κ1) is 14.8. The molecular weight excluding hydrogens is 314 g/mol. The van der Waals surface area contributed by atoms with E-state index < -0.39 is 23.8 Å². The summed E-state index contributed by atoms with van der Waals surface area (Å²) in [4.78, 5) is 49.6. The monoisotopic (exact) mass is 329 g/mol. The fraction of sp³-hybridized carbons (Fsp3) is 0.375. The topological polar surface area (TPSA) is 105 Å². The molecule has 124 valence electrons. The van der Waals surface area contributed by atoms with Crippen LogP contribution >= 0.6 is 0 Å². The molecule has 0 spiro atoms. The average Bonchev–Trinajstić information content (AvgIpc) is 2.72. The lowest BCUT2D eigenvalue weighted by Gasteiger charge is -2.27. The molecule has 3 aliphatic rings. The van der Waals surface area contributed by atoms with Gasteiger partial charge in [-0.25, -0.2) is 0 Å². The third-order valence-electron chi connectivity index (χ3n) is 4.47. The molecule has 0 saturated carbocycles. The highest BCUT2D eigenvalue weighted by atomic mass is 16.5. The van der Waals surface area contributed by atoms with Crippen LogP contribution in [0.1, 0.15) is 39.1 Å². The fourth-order valence-corrected chi connectivity index (χ4v) is 3.27. The molecule has 8 heteroatoms. The van der Waals surface area contributed by atoms with Gasteiger partial charge in [0, 0.05) is 25.1 Å². The van der Waals surface area contributed by atoms with E-state index in [2.05, 4.69) is 10.6 Å². The van der Waals surface area contributed by atoms with Crippen molar-refractivity contribution >= 4 is 23.6 Å². The Morgan fingerprint density at radius 1 is 1.08 bits per heavy atom. The fourth-order valence-electron chi connectivity index (χ4n) is 3.27. The summed E-state index contributed by atoms with van der Waals surface area (Å²) < 4.78 is 5.60. The molecule has 3 heterocycles. The van der Waals surface area contributed by atoms with E-state index in [-0.39, 0.29) is 29.9 Å². The van der Waals surface area contributed by atoms with Gasteiger partial charge in [-0.3, -0.25) is 29.4 Å². The zero-order valence-electron chi connectivity index (χ0n) is 12.8. The van der Waals surface area contributed by atoms with Crippen LogP contribution in [-0.2, 0) is 16.1 Å². The predicted molar refractivity (Wildman–Crippen MR) is 80.3 cm³/mol.